The molecule has 0 saturated heterocycles. The van der Waals surface area contributed by atoms with Gasteiger partial charge in [-0.2, -0.15) is 13.8 Å². The van der Waals surface area contributed by atoms with Gasteiger partial charge in [0, 0.05) is 5.56 Å². The summed E-state index contributed by atoms with van der Waals surface area (Å²) in [6, 6.07) is 17.5. The smallest absolute Gasteiger partial charge is 0.872 e. The molecule has 2 aromatic rings. The van der Waals surface area contributed by atoms with E-state index in [-0.39, 0.29) is 38.8 Å². The van der Waals surface area contributed by atoms with Crippen molar-refractivity contribution in [3.8, 4) is 0 Å². The monoisotopic (exact) mass is 486 g/mol. The summed E-state index contributed by atoms with van der Waals surface area (Å²) < 4.78 is 0. The normalized spacial score (nSPS) is 9.18. The minimum absolute atomic E-state index is 0. The van der Waals surface area contributed by atoms with E-state index in [1.165, 1.54) is 0 Å². The molecule has 0 N–H and O–H groups in total. The van der Waals surface area contributed by atoms with Gasteiger partial charge in [-0.3, -0.25) is 4.79 Å². The number of hydrogen-bond acceptors (Lipinski definition) is 2. The summed E-state index contributed by atoms with van der Waals surface area (Å²) in [6.45, 7) is 10.0. The Kier molecular flexibility index (Phi) is 15.1. The maximum absolute atomic E-state index is 11.8. The molecule has 3 heteroatoms. The van der Waals surface area contributed by atoms with E-state index in [1.807, 2.05) is 12.1 Å². The van der Waals surface area contributed by atoms with Gasteiger partial charge in [-0.1, -0.05) is 66.4 Å². The molecule has 112 valence electrons. The first-order chi connectivity index (χ1) is 10.3. The van der Waals surface area contributed by atoms with E-state index in [2.05, 4.69) is 13.8 Å². The molecule has 0 aliphatic carbocycles. The summed E-state index contributed by atoms with van der Waals surface area (Å²) in [5.74, 6) is -0.529. The molecule has 0 aromatic heterocycles. The molecule has 0 spiro atoms. The fourth-order valence-electron chi connectivity index (χ4n) is 1.49. The van der Waals surface area contributed by atoms with Crippen LogP contribution in [0.5, 0.6) is 0 Å². The molecule has 0 aliphatic rings. The number of hydrogen-bond donors (Lipinski definition) is 0. The van der Waals surface area contributed by atoms with Crippen molar-refractivity contribution in [1.82, 2.24) is 0 Å². The molecule has 2 rings (SSSR count). The molecule has 22 heavy (non-hydrogen) atoms. The van der Waals surface area contributed by atoms with E-state index in [1.54, 1.807) is 62.4 Å². The van der Waals surface area contributed by atoms with Gasteiger partial charge in [0.1, 0.15) is 0 Å². The second-order valence-corrected chi connectivity index (χ2v) is 3.60. The number of ketones is 1. The molecule has 2 nitrogen and oxygen atoms in total. The minimum atomic E-state index is -0.264. The Labute approximate surface area is 154 Å². The Morgan fingerprint density at radius 1 is 0.818 bits per heavy atom. The Morgan fingerprint density at radius 2 is 1.18 bits per heavy atom. The van der Waals surface area contributed by atoms with Crippen LogP contribution in [-0.4, -0.2) is 33.1 Å². The van der Waals surface area contributed by atoms with Crippen LogP contribution in [0.25, 0.3) is 5.76 Å². The zero-order chi connectivity index (χ0) is 16.1. The summed E-state index contributed by atoms with van der Waals surface area (Å²) in [5.41, 5.74) is 1.05. The summed E-state index contributed by atoms with van der Waals surface area (Å²) in [6.07, 6.45) is 1.13. The van der Waals surface area contributed by atoms with Crippen molar-refractivity contribution in [3.05, 3.63) is 91.7 Å². The second-order valence-electron chi connectivity index (χ2n) is 3.60. The maximum atomic E-state index is 11.8. The van der Waals surface area contributed by atoms with Crippen LogP contribution in [0.4, 0.5) is 0 Å². The number of allylic oxidation sites excluding steroid dienone is 1. The van der Waals surface area contributed by atoms with E-state index in [0.717, 1.165) is 6.08 Å². The molecule has 0 atom stereocenters. The first-order valence-corrected chi connectivity index (χ1v) is 6.72. The van der Waals surface area contributed by atoms with Crippen molar-refractivity contribution in [2.75, 3.05) is 0 Å². The van der Waals surface area contributed by atoms with E-state index >= 15 is 0 Å². The van der Waals surface area contributed by atoms with E-state index in [0.29, 0.717) is 11.1 Å². The van der Waals surface area contributed by atoms with Gasteiger partial charge in [-0.05, 0) is 11.6 Å². The molecular weight excluding hydrogens is 465 g/mol. The molecule has 0 aliphatic heterocycles. The summed E-state index contributed by atoms with van der Waals surface area (Å²) in [7, 11) is 0. The topological polar surface area (TPSA) is 40.1 Å². The third kappa shape index (κ3) is 8.12. The van der Waals surface area contributed by atoms with Gasteiger partial charge < -0.3 is 19.0 Å². The maximum Gasteiger partial charge on any atom is 3.00 e. The zero-order valence-corrected chi connectivity index (χ0v) is 17.6. The Balaban J connectivity index is 0. The molecule has 0 unspecified atom stereocenters. The van der Waals surface area contributed by atoms with Crippen LogP contribution < -0.4 is 5.11 Å². The van der Waals surface area contributed by atoms with Crippen molar-refractivity contribution in [2.45, 2.75) is 13.8 Å². The number of rotatable bonds is 3. The molecular formula is C19H21O2Tl. The van der Waals surface area contributed by atoms with Crippen molar-refractivity contribution in [1.29, 1.82) is 0 Å². The van der Waals surface area contributed by atoms with Gasteiger partial charge in [0.25, 0.3) is 0 Å². The van der Waals surface area contributed by atoms with Crippen LogP contribution in [0.2, 0.25) is 0 Å². The minimum Gasteiger partial charge on any atom is -0.872 e. The van der Waals surface area contributed by atoms with E-state index < -0.39 is 0 Å². The first-order valence-electron chi connectivity index (χ1n) is 6.72. The molecule has 0 fully saturated rings. The Hall–Kier alpha value is -1.43. The molecule has 0 saturated carbocycles. The third-order valence-corrected chi connectivity index (χ3v) is 2.38. The fourth-order valence-corrected chi connectivity index (χ4v) is 1.49. The predicted molar refractivity (Wildman–Crippen MR) is 93.0 cm³/mol. The van der Waals surface area contributed by atoms with Gasteiger partial charge in [0.05, 0.1) is 0 Å². The SMILES string of the molecule is O=C(C=C([O-])c1ccccc1)c1ccccc1.[CH2-]C.[CH2-]C.[Tl+3]. The predicted octanol–water partition coefficient (Wildman–Crippen LogP) is 3.57. The summed E-state index contributed by atoms with van der Waals surface area (Å²) >= 11 is 0. The number of carbonyl (C=O) groups is 1. The van der Waals surface area contributed by atoms with Crippen LogP contribution >= 0.6 is 0 Å². The largest absolute Gasteiger partial charge is 3.00 e. The summed E-state index contributed by atoms with van der Waals surface area (Å²) in [4.78, 5) is 11.8. The number of benzene rings is 2. The average Bonchev–Trinajstić information content (AvgIpc) is 2.60. The van der Waals surface area contributed by atoms with E-state index in [4.69, 9.17) is 0 Å². The van der Waals surface area contributed by atoms with Crippen LogP contribution in [0.15, 0.2) is 66.7 Å². The van der Waals surface area contributed by atoms with Crippen molar-refractivity contribution >= 4 is 38.8 Å². The van der Waals surface area contributed by atoms with Crippen molar-refractivity contribution in [2.24, 2.45) is 0 Å². The van der Waals surface area contributed by atoms with Gasteiger partial charge in [-0.25, -0.2) is 0 Å². The van der Waals surface area contributed by atoms with Crippen LogP contribution in [-0.2, 0) is 0 Å². The van der Waals surface area contributed by atoms with Gasteiger partial charge in [0.15, 0.2) is 5.78 Å². The molecule has 2 aromatic carbocycles. The van der Waals surface area contributed by atoms with E-state index in [9.17, 15) is 9.90 Å². The van der Waals surface area contributed by atoms with Gasteiger partial charge in [0.2, 0.25) is 0 Å². The van der Waals surface area contributed by atoms with Gasteiger partial charge >= 0.3 is 27.3 Å². The molecule has 0 radical (unpaired) electrons. The van der Waals surface area contributed by atoms with Crippen LogP contribution in [0.3, 0.4) is 0 Å². The fraction of sp³-hybridized carbons (Fsp3) is 0.105. The number of carbonyl (C=O) groups excluding carboxylic acids is 1. The van der Waals surface area contributed by atoms with Crippen molar-refractivity contribution in [3.63, 3.8) is 0 Å². The van der Waals surface area contributed by atoms with Gasteiger partial charge in [-0.15, -0.1) is 0 Å². The quantitative estimate of drug-likeness (QED) is 0.219. The zero-order valence-electron chi connectivity index (χ0n) is 13.2. The molecule has 0 bridgehead atoms. The standard InChI is InChI=1S/C15H12O2.2C2H5.Tl/c16-14(12-7-3-1-4-8-12)11-15(17)13-9-5-2-6-10-13;2*1-2;/h1-11,16H;2*1H2,2H3;/q;2*-1;+3/p-1. The van der Waals surface area contributed by atoms with Crippen LogP contribution in [0, 0.1) is 13.8 Å². The second kappa shape index (κ2) is 14.5. The Bertz CT molecular complexity index is 534. The van der Waals surface area contributed by atoms with Crippen molar-refractivity contribution < 1.29 is 9.90 Å². The van der Waals surface area contributed by atoms with Crippen LogP contribution in [0.1, 0.15) is 29.8 Å². The Morgan fingerprint density at radius 3 is 1.59 bits per heavy atom. The third-order valence-electron chi connectivity index (χ3n) is 2.38. The molecule has 0 heterocycles. The average molecular weight is 486 g/mol. The summed E-state index contributed by atoms with van der Waals surface area (Å²) in [5, 5.41) is 11.8. The molecule has 0 amide bonds. The first kappa shape index (κ1) is 22.8.